The van der Waals surface area contributed by atoms with Crippen LogP contribution in [-0.2, 0) is 0 Å². The van der Waals surface area contributed by atoms with Gasteiger partial charge in [-0.2, -0.15) is 0 Å². The van der Waals surface area contributed by atoms with Crippen LogP contribution in [0.4, 0.5) is 5.69 Å². The predicted octanol–water partition coefficient (Wildman–Crippen LogP) is 3.29. The third-order valence-electron chi connectivity index (χ3n) is 2.58. The second-order valence-electron chi connectivity index (χ2n) is 3.84. The first kappa shape index (κ1) is 11.3. The standard InChI is InChI=1S/C12H8Cl2N4/c13-8-3-1-2-7(4-8)11-16-17-12-10(15)5-9(14)6-18(11)12/h1-6H,15H2. The van der Waals surface area contributed by atoms with Gasteiger partial charge in [-0.1, -0.05) is 35.3 Å². The highest BCUT2D eigenvalue weighted by Gasteiger charge is 2.11. The summed E-state index contributed by atoms with van der Waals surface area (Å²) in [6.07, 6.45) is 1.73. The first-order valence-corrected chi connectivity index (χ1v) is 5.96. The van der Waals surface area contributed by atoms with Gasteiger partial charge in [-0.15, -0.1) is 10.2 Å². The van der Waals surface area contributed by atoms with Crippen molar-refractivity contribution in [1.29, 1.82) is 0 Å². The summed E-state index contributed by atoms with van der Waals surface area (Å²) in [6, 6.07) is 9.02. The zero-order valence-corrected chi connectivity index (χ0v) is 10.7. The Morgan fingerprint density at radius 1 is 1.06 bits per heavy atom. The molecular formula is C12H8Cl2N4. The van der Waals surface area contributed by atoms with Gasteiger partial charge in [-0.05, 0) is 18.2 Å². The molecule has 0 fully saturated rings. The van der Waals surface area contributed by atoms with E-state index >= 15 is 0 Å². The maximum Gasteiger partial charge on any atom is 0.184 e. The number of nitrogens with zero attached hydrogens (tertiary/aromatic N) is 3. The lowest BCUT2D eigenvalue weighted by atomic mass is 10.2. The Morgan fingerprint density at radius 2 is 1.89 bits per heavy atom. The Labute approximate surface area is 113 Å². The van der Waals surface area contributed by atoms with Crippen LogP contribution in [0, 0.1) is 0 Å². The molecule has 0 spiro atoms. The normalized spacial score (nSPS) is 11.0. The number of nitrogen functional groups attached to an aromatic ring is 1. The lowest BCUT2D eigenvalue weighted by molar-refractivity contribution is 1.11. The Kier molecular flexibility index (Phi) is 2.61. The van der Waals surface area contributed by atoms with Crippen LogP contribution < -0.4 is 5.73 Å². The van der Waals surface area contributed by atoms with E-state index in [9.17, 15) is 0 Å². The van der Waals surface area contributed by atoms with Crippen molar-refractivity contribution in [3.8, 4) is 11.4 Å². The average Bonchev–Trinajstić information content (AvgIpc) is 2.72. The molecule has 3 aromatic rings. The molecule has 18 heavy (non-hydrogen) atoms. The van der Waals surface area contributed by atoms with Crippen LogP contribution in [-0.4, -0.2) is 14.6 Å². The zero-order valence-electron chi connectivity index (χ0n) is 9.14. The van der Waals surface area contributed by atoms with Gasteiger partial charge in [0.2, 0.25) is 0 Å². The van der Waals surface area contributed by atoms with Crippen molar-refractivity contribution in [2.75, 3.05) is 5.73 Å². The summed E-state index contributed by atoms with van der Waals surface area (Å²) in [5.41, 5.74) is 7.77. The number of hydrogen-bond acceptors (Lipinski definition) is 3. The second kappa shape index (κ2) is 4.15. The maximum atomic E-state index is 5.99. The summed E-state index contributed by atoms with van der Waals surface area (Å²) < 4.78 is 1.75. The quantitative estimate of drug-likeness (QED) is 0.743. The lowest BCUT2D eigenvalue weighted by Crippen LogP contribution is -1.94. The number of anilines is 1. The fourth-order valence-electron chi connectivity index (χ4n) is 1.81. The molecule has 6 heteroatoms. The van der Waals surface area contributed by atoms with Crippen molar-refractivity contribution in [2.45, 2.75) is 0 Å². The van der Waals surface area contributed by atoms with E-state index in [0.717, 1.165) is 5.56 Å². The number of benzene rings is 1. The van der Waals surface area contributed by atoms with E-state index in [0.29, 0.717) is 27.2 Å². The fourth-order valence-corrected chi connectivity index (χ4v) is 2.21. The van der Waals surface area contributed by atoms with Gasteiger partial charge >= 0.3 is 0 Å². The SMILES string of the molecule is Nc1cc(Cl)cn2c(-c3cccc(Cl)c3)nnc12. The molecule has 4 nitrogen and oxygen atoms in total. The Hall–Kier alpha value is -1.78. The van der Waals surface area contributed by atoms with E-state index in [1.807, 2.05) is 18.2 Å². The molecule has 0 aliphatic heterocycles. The van der Waals surface area contributed by atoms with Crippen LogP contribution in [0.5, 0.6) is 0 Å². The van der Waals surface area contributed by atoms with E-state index in [-0.39, 0.29) is 0 Å². The minimum Gasteiger partial charge on any atom is -0.396 e. The van der Waals surface area contributed by atoms with E-state index in [1.165, 1.54) is 0 Å². The van der Waals surface area contributed by atoms with Crippen molar-refractivity contribution < 1.29 is 0 Å². The number of pyridine rings is 1. The number of rotatable bonds is 1. The number of fused-ring (bicyclic) bond motifs is 1. The second-order valence-corrected chi connectivity index (χ2v) is 4.71. The van der Waals surface area contributed by atoms with Crippen molar-refractivity contribution in [2.24, 2.45) is 0 Å². The summed E-state index contributed by atoms with van der Waals surface area (Å²) in [7, 11) is 0. The van der Waals surface area contributed by atoms with Crippen molar-refractivity contribution in [1.82, 2.24) is 14.6 Å². The van der Waals surface area contributed by atoms with Crippen LogP contribution in [0.2, 0.25) is 10.0 Å². The fraction of sp³-hybridized carbons (Fsp3) is 0. The average molecular weight is 279 g/mol. The molecule has 2 aromatic heterocycles. The van der Waals surface area contributed by atoms with Gasteiger partial charge in [0.1, 0.15) is 0 Å². The zero-order chi connectivity index (χ0) is 12.7. The maximum absolute atomic E-state index is 5.99. The third-order valence-corrected chi connectivity index (χ3v) is 3.02. The Morgan fingerprint density at radius 3 is 2.67 bits per heavy atom. The third kappa shape index (κ3) is 1.79. The molecule has 3 rings (SSSR count). The number of hydrogen-bond donors (Lipinski definition) is 1. The van der Waals surface area contributed by atoms with Crippen LogP contribution in [0.3, 0.4) is 0 Å². The van der Waals surface area contributed by atoms with Gasteiger partial charge < -0.3 is 5.73 Å². The van der Waals surface area contributed by atoms with Crippen LogP contribution in [0.25, 0.3) is 17.0 Å². The number of halogens is 2. The molecule has 0 aliphatic carbocycles. The van der Waals surface area contributed by atoms with Gasteiger partial charge in [0.15, 0.2) is 11.5 Å². The summed E-state index contributed by atoms with van der Waals surface area (Å²) in [5, 5.41) is 9.34. The first-order chi connectivity index (χ1) is 8.65. The van der Waals surface area contributed by atoms with Gasteiger partial charge in [-0.25, -0.2) is 0 Å². The molecule has 0 radical (unpaired) electrons. The van der Waals surface area contributed by atoms with Crippen molar-refractivity contribution in [3.05, 3.63) is 46.6 Å². The largest absolute Gasteiger partial charge is 0.396 e. The Bertz CT molecular complexity index is 736. The molecule has 0 amide bonds. The monoisotopic (exact) mass is 278 g/mol. The minimum atomic E-state index is 0.489. The molecule has 0 aliphatic rings. The highest BCUT2D eigenvalue weighted by Crippen LogP contribution is 2.25. The summed E-state index contributed by atoms with van der Waals surface area (Å²) in [5.74, 6) is 0.654. The number of aromatic nitrogens is 3. The summed E-state index contributed by atoms with van der Waals surface area (Å²) in [6.45, 7) is 0. The molecule has 0 saturated carbocycles. The van der Waals surface area contributed by atoms with Crippen LogP contribution in [0.15, 0.2) is 36.5 Å². The molecule has 0 bridgehead atoms. The van der Waals surface area contributed by atoms with Gasteiger partial charge in [0.25, 0.3) is 0 Å². The number of nitrogens with two attached hydrogens (primary N) is 1. The van der Waals surface area contributed by atoms with Crippen molar-refractivity contribution in [3.63, 3.8) is 0 Å². The minimum absolute atomic E-state index is 0.489. The summed E-state index contributed by atoms with van der Waals surface area (Å²) in [4.78, 5) is 0. The smallest absolute Gasteiger partial charge is 0.184 e. The highest BCUT2D eigenvalue weighted by atomic mass is 35.5. The molecule has 0 saturated heterocycles. The van der Waals surface area contributed by atoms with E-state index in [1.54, 1.807) is 22.7 Å². The molecule has 90 valence electrons. The van der Waals surface area contributed by atoms with E-state index in [4.69, 9.17) is 28.9 Å². The van der Waals surface area contributed by atoms with Gasteiger partial charge in [0, 0.05) is 16.8 Å². The first-order valence-electron chi connectivity index (χ1n) is 5.21. The predicted molar refractivity (Wildman–Crippen MR) is 72.9 cm³/mol. The molecule has 2 N–H and O–H groups in total. The van der Waals surface area contributed by atoms with E-state index < -0.39 is 0 Å². The summed E-state index contributed by atoms with van der Waals surface area (Å²) >= 11 is 12.0. The highest BCUT2D eigenvalue weighted by molar-refractivity contribution is 6.31. The molecular weight excluding hydrogens is 271 g/mol. The molecule has 1 aromatic carbocycles. The lowest BCUT2D eigenvalue weighted by Gasteiger charge is -2.02. The van der Waals surface area contributed by atoms with Gasteiger partial charge in [0.05, 0.1) is 10.7 Å². The van der Waals surface area contributed by atoms with Crippen LogP contribution >= 0.6 is 23.2 Å². The van der Waals surface area contributed by atoms with Crippen LogP contribution in [0.1, 0.15) is 0 Å². The van der Waals surface area contributed by atoms with Gasteiger partial charge in [-0.3, -0.25) is 4.40 Å². The molecule has 0 atom stereocenters. The van der Waals surface area contributed by atoms with E-state index in [2.05, 4.69) is 10.2 Å². The Balaban J connectivity index is 2.30. The van der Waals surface area contributed by atoms with Crippen molar-refractivity contribution >= 4 is 34.5 Å². The molecule has 2 heterocycles. The molecule has 0 unspecified atom stereocenters. The topological polar surface area (TPSA) is 56.2 Å².